The minimum atomic E-state index is -0.112. The first-order valence-corrected chi connectivity index (χ1v) is 6.18. The van der Waals surface area contributed by atoms with E-state index in [-0.39, 0.29) is 5.78 Å². The van der Waals surface area contributed by atoms with Crippen LogP contribution in [0.2, 0.25) is 5.02 Å². The molecule has 0 fully saturated rings. The molecule has 0 N–H and O–H groups in total. The van der Waals surface area contributed by atoms with Gasteiger partial charge in [0.1, 0.15) is 4.60 Å². The van der Waals surface area contributed by atoms with Crippen LogP contribution in [0, 0.1) is 6.92 Å². The quantitative estimate of drug-likeness (QED) is 0.619. The van der Waals surface area contributed by atoms with Crippen molar-refractivity contribution in [1.29, 1.82) is 0 Å². The summed E-state index contributed by atoms with van der Waals surface area (Å²) in [6, 6.07) is 8.87. The van der Waals surface area contributed by atoms with Crippen LogP contribution in [0.1, 0.15) is 21.5 Å². The van der Waals surface area contributed by atoms with Gasteiger partial charge in [0, 0.05) is 17.3 Å². The topological polar surface area (TPSA) is 30.0 Å². The van der Waals surface area contributed by atoms with Gasteiger partial charge in [0.2, 0.25) is 0 Å². The van der Waals surface area contributed by atoms with Crippen LogP contribution in [-0.2, 0) is 0 Å². The van der Waals surface area contributed by atoms with Crippen LogP contribution in [0.5, 0.6) is 0 Å². The van der Waals surface area contributed by atoms with Gasteiger partial charge in [-0.15, -0.1) is 0 Å². The van der Waals surface area contributed by atoms with Crippen LogP contribution in [-0.4, -0.2) is 10.8 Å². The van der Waals surface area contributed by atoms with Gasteiger partial charge in [-0.1, -0.05) is 23.7 Å². The predicted molar refractivity (Wildman–Crippen MR) is 71.6 cm³/mol. The highest BCUT2D eigenvalue weighted by Gasteiger charge is 2.13. The lowest BCUT2D eigenvalue weighted by Crippen LogP contribution is -2.03. The number of benzene rings is 1. The van der Waals surface area contributed by atoms with Gasteiger partial charge in [0.25, 0.3) is 0 Å². The molecule has 86 valence electrons. The number of nitrogens with zero attached hydrogens (tertiary/aromatic N) is 1. The first-order valence-electron chi connectivity index (χ1n) is 5.01. The van der Waals surface area contributed by atoms with Crippen molar-refractivity contribution in [2.45, 2.75) is 6.92 Å². The highest BCUT2D eigenvalue weighted by Crippen LogP contribution is 2.23. The molecule has 0 saturated carbocycles. The summed E-state index contributed by atoms with van der Waals surface area (Å²) in [6.07, 6.45) is 1.53. The zero-order valence-corrected chi connectivity index (χ0v) is 11.4. The Morgan fingerprint density at radius 1 is 1.29 bits per heavy atom. The normalized spacial score (nSPS) is 10.3. The summed E-state index contributed by atoms with van der Waals surface area (Å²) < 4.78 is 0.699. The Balaban J connectivity index is 2.44. The van der Waals surface area contributed by atoms with Gasteiger partial charge < -0.3 is 0 Å². The van der Waals surface area contributed by atoms with Gasteiger partial charge in [-0.05, 0) is 46.6 Å². The van der Waals surface area contributed by atoms with Gasteiger partial charge in [-0.2, -0.15) is 0 Å². The third-order valence-corrected chi connectivity index (χ3v) is 3.40. The Bertz CT molecular complexity index is 566. The lowest BCUT2D eigenvalue weighted by molar-refractivity contribution is 0.103. The molecular formula is C13H9BrClNO. The third-order valence-electron chi connectivity index (χ3n) is 2.43. The standard InChI is InChI=1S/C13H9BrClNO/c1-8-3-2-4-10(12(8)15)13(17)9-5-6-11(14)16-7-9/h2-7H,1H3. The van der Waals surface area contributed by atoms with Crippen molar-refractivity contribution in [3.8, 4) is 0 Å². The minimum absolute atomic E-state index is 0.112. The molecule has 2 aromatic rings. The van der Waals surface area contributed by atoms with Crippen LogP contribution in [0.15, 0.2) is 41.1 Å². The van der Waals surface area contributed by atoms with Gasteiger partial charge in [0.05, 0.1) is 5.02 Å². The van der Waals surface area contributed by atoms with E-state index in [1.807, 2.05) is 19.1 Å². The Hall–Kier alpha value is -1.19. The van der Waals surface area contributed by atoms with E-state index in [0.29, 0.717) is 20.8 Å². The number of pyridine rings is 1. The van der Waals surface area contributed by atoms with Gasteiger partial charge in [0.15, 0.2) is 5.78 Å². The van der Waals surface area contributed by atoms with Crippen molar-refractivity contribution < 1.29 is 4.79 Å². The van der Waals surface area contributed by atoms with E-state index in [0.717, 1.165) is 5.56 Å². The number of aromatic nitrogens is 1. The molecule has 0 amide bonds. The molecule has 0 aliphatic rings. The first kappa shape index (κ1) is 12.3. The number of hydrogen-bond acceptors (Lipinski definition) is 2. The molecule has 1 aromatic carbocycles. The maximum absolute atomic E-state index is 12.2. The number of aryl methyl sites for hydroxylation is 1. The zero-order chi connectivity index (χ0) is 12.4. The number of ketones is 1. The SMILES string of the molecule is Cc1cccc(C(=O)c2ccc(Br)nc2)c1Cl. The van der Waals surface area contributed by atoms with E-state index in [2.05, 4.69) is 20.9 Å². The molecule has 2 nitrogen and oxygen atoms in total. The van der Waals surface area contributed by atoms with E-state index in [1.165, 1.54) is 6.20 Å². The van der Waals surface area contributed by atoms with Crippen molar-refractivity contribution in [3.63, 3.8) is 0 Å². The molecule has 0 radical (unpaired) electrons. The molecule has 1 heterocycles. The Morgan fingerprint density at radius 3 is 2.71 bits per heavy atom. The van der Waals surface area contributed by atoms with Gasteiger partial charge >= 0.3 is 0 Å². The summed E-state index contributed by atoms with van der Waals surface area (Å²) in [6.45, 7) is 1.87. The van der Waals surface area contributed by atoms with E-state index in [1.54, 1.807) is 18.2 Å². The van der Waals surface area contributed by atoms with Crippen molar-refractivity contribution in [3.05, 3.63) is 62.8 Å². The maximum atomic E-state index is 12.2. The van der Waals surface area contributed by atoms with Crippen molar-refractivity contribution in [2.75, 3.05) is 0 Å². The summed E-state index contributed by atoms with van der Waals surface area (Å²) in [5.41, 5.74) is 1.93. The Labute approximate surface area is 113 Å². The molecule has 0 aliphatic carbocycles. The Kier molecular flexibility index (Phi) is 3.60. The van der Waals surface area contributed by atoms with E-state index >= 15 is 0 Å². The van der Waals surface area contributed by atoms with E-state index in [4.69, 9.17) is 11.6 Å². The van der Waals surface area contributed by atoms with Crippen molar-refractivity contribution in [1.82, 2.24) is 4.98 Å². The smallest absolute Gasteiger partial charge is 0.196 e. The molecule has 0 spiro atoms. The van der Waals surface area contributed by atoms with Crippen molar-refractivity contribution in [2.24, 2.45) is 0 Å². The second kappa shape index (κ2) is 4.98. The average Bonchev–Trinajstić information content (AvgIpc) is 2.33. The van der Waals surface area contributed by atoms with Crippen LogP contribution in [0.25, 0.3) is 0 Å². The fourth-order valence-electron chi connectivity index (χ4n) is 1.49. The van der Waals surface area contributed by atoms with Crippen LogP contribution in [0.3, 0.4) is 0 Å². The molecule has 0 saturated heterocycles. The van der Waals surface area contributed by atoms with Crippen LogP contribution >= 0.6 is 27.5 Å². The van der Waals surface area contributed by atoms with E-state index in [9.17, 15) is 4.79 Å². The highest BCUT2D eigenvalue weighted by molar-refractivity contribution is 9.10. The zero-order valence-electron chi connectivity index (χ0n) is 9.08. The molecule has 0 unspecified atom stereocenters. The monoisotopic (exact) mass is 309 g/mol. The molecule has 2 rings (SSSR count). The highest BCUT2D eigenvalue weighted by atomic mass is 79.9. The molecule has 0 aliphatic heterocycles. The van der Waals surface area contributed by atoms with Gasteiger partial charge in [-0.25, -0.2) is 4.98 Å². The number of rotatable bonds is 2. The van der Waals surface area contributed by atoms with Crippen molar-refractivity contribution >= 4 is 33.3 Å². The maximum Gasteiger partial charge on any atom is 0.196 e. The molecule has 17 heavy (non-hydrogen) atoms. The number of halogens is 2. The molecule has 0 bridgehead atoms. The minimum Gasteiger partial charge on any atom is -0.288 e. The number of carbonyl (C=O) groups excluding carboxylic acids is 1. The van der Waals surface area contributed by atoms with Gasteiger partial charge in [-0.3, -0.25) is 4.79 Å². The largest absolute Gasteiger partial charge is 0.288 e. The molecule has 4 heteroatoms. The summed E-state index contributed by atoms with van der Waals surface area (Å²) in [4.78, 5) is 16.2. The third kappa shape index (κ3) is 2.56. The summed E-state index contributed by atoms with van der Waals surface area (Å²) in [5.74, 6) is -0.112. The number of carbonyl (C=O) groups is 1. The summed E-state index contributed by atoms with van der Waals surface area (Å²) >= 11 is 9.35. The number of hydrogen-bond donors (Lipinski definition) is 0. The van der Waals surface area contributed by atoms with E-state index < -0.39 is 0 Å². The molecule has 1 aromatic heterocycles. The Morgan fingerprint density at radius 2 is 2.06 bits per heavy atom. The lowest BCUT2D eigenvalue weighted by Gasteiger charge is -2.05. The average molecular weight is 311 g/mol. The lowest BCUT2D eigenvalue weighted by atomic mass is 10.0. The first-order chi connectivity index (χ1) is 8.09. The fraction of sp³-hybridized carbons (Fsp3) is 0.0769. The second-order valence-electron chi connectivity index (χ2n) is 3.64. The summed E-state index contributed by atoms with van der Waals surface area (Å²) in [7, 11) is 0. The van der Waals surface area contributed by atoms with Crippen LogP contribution < -0.4 is 0 Å². The van der Waals surface area contributed by atoms with Crippen LogP contribution in [0.4, 0.5) is 0 Å². The molecule has 0 atom stereocenters. The predicted octanol–water partition coefficient (Wildman–Crippen LogP) is 4.04. The summed E-state index contributed by atoms with van der Waals surface area (Å²) in [5, 5.41) is 0.500. The second-order valence-corrected chi connectivity index (χ2v) is 4.83. The molecular weight excluding hydrogens is 302 g/mol. The fourth-order valence-corrected chi connectivity index (χ4v) is 1.93.